The van der Waals surface area contributed by atoms with Crippen LogP contribution in [0.5, 0.6) is 5.75 Å². The number of hydrogen-bond acceptors (Lipinski definition) is 3. The van der Waals surface area contributed by atoms with E-state index in [0.717, 1.165) is 22.4 Å². The van der Waals surface area contributed by atoms with Gasteiger partial charge in [-0.05, 0) is 45.1 Å². The zero-order chi connectivity index (χ0) is 11.6. The van der Waals surface area contributed by atoms with Crippen LogP contribution >= 0.6 is 0 Å². The minimum absolute atomic E-state index is 0.624. The molecule has 0 aromatic heterocycles. The molecule has 1 aromatic rings. The molecule has 0 heterocycles. The predicted molar refractivity (Wildman–Crippen MR) is 61.1 cm³/mol. The van der Waals surface area contributed by atoms with E-state index in [2.05, 4.69) is 0 Å². The van der Waals surface area contributed by atoms with Crippen LogP contribution in [0, 0.1) is 13.8 Å². The van der Waals surface area contributed by atoms with Gasteiger partial charge in [0.15, 0.2) is 0 Å². The summed E-state index contributed by atoms with van der Waals surface area (Å²) in [5.41, 5.74) is 3.03. The standard InChI is InChI=1S/C12H19NO2/c1-8-6-9(2)11(10(7-8)15-5)12(14)13(3)4/h6-7,12,14H,1-5H3. The quantitative estimate of drug-likeness (QED) is 0.771. The predicted octanol–water partition coefficient (Wildman–Crippen LogP) is 1.86. The summed E-state index contributed by atoms with van der Waals surface area (Å²) in [6, 6.07) is 3.99. The van der Waals surface area contributed by atoms with E-state index < -0.39 is 6.23 Å². The highest BCUT2D eigenvalue weighted by Crippen LogP contribution is 2.30. The average Bonchev–Trinajstić information content (AvgIpc) is 2.15. The maximum absolute atomic E-state index is 10.0. The Kier molecular flexibility index (Phi) is 3.72. The van der Waals surface area contributed by atoms with E-state index in [1.165, 1.54) is 0 Å². The molecule has 3 heteroatoms. The maximum atomic E-state index is 10.0. The molecule has 15 heavy (non-hydrogen) atoms. The molecule has 0 fully saturated rings. The number of aliphatic hydroxyl groups excluding tert-OH is 1. The Morgan fingerprint density at radius 2 is 1.87 bits per heavy atom. The number of aryl methyl sites for hydroxylation is 2. The van der Waals surface area contributed by atoms with E-state index in [-0.39, 0.29) is 0 Å². The van der Waals surface area contributed by atoms with E-state index in [1.54, 1.807) is 12.0 Å². The van der Waals surface area contributed by atoms with Crippen LogP contribution in [0.3, 0.4) is 0 Å². The molecular formula is C12H19NO2. The number of benzene rings is 1. The van der Waals surface area contributed by atoms with E-state index in [4.69, 9.17) is 4.74 Å². The lowest BCUT2D eigenvalue weighted by atomic mass is 10.0. The molecule has 0 aliphatic carbocycles. The van der Waals surface area contributed by atoms with Crippen LogP contribution < -0.4 is 4.74 Å². The lowest BCUT2D eigenvalue weighted by molar-refractivity contribution is 0.0369. The van der Waals surface area contributed by atoms with Gasteiger partial charge in [0.2, 0.25) is 0 Å². The van der Waals surface area contributed by atoms with Crippen molar-refractivity contribution in [2.45, 2.75) is 20.1 Å². The summed E-state index contributed by atoms with van der Waals surface area (Å²) in [4.78, 5) is 1.75. The van der Waals surface area contributed by atoms with Gasteiger partial charge in [-0.1, -0.05) is 6.07 Å². The van der Waals surface area contributed by atoms with Crippen LogP contribution in [0.2, 0.25) is 0 Å². The number of aliphatic hydroxyl groups is 1. The highest BCUT2D eigenvalue weighted by molar-refractivity contribution is 5.44. The summed E-state index contributed by atoms with van der Waals surface area (Å²) in [6.45, 7) is 4.00. The van der Waals surface area contributed by atoms with E-state index in [1.807, 2.05) is 40.1 Å². The monoisotopic (exact) mass is 209 g/mol. The third-order valence-electron chi connectivity index (χ3n) is 2.46. The van der Waals surface area contributed by atoms with Gasteiger partial charge in [0.05, 0.1) is 7.11 Å². The first kappa shape index (κ1) is 12.0. The van der Waals surface area contributed by atoms with Crippen LogP contribution in [0.4, 0.5) is 0 Å². The third-order valence-corrected chi connectivity index (χ3v) is 2.46. The van der Waals surface area contributed by atoms with E-state index in [0.29, 0.717) is 0 Å². The van der Waals surface area contributed by atoms with Crippen molar-refractivity contribution >= 4 is 0 Å². The number of nitrogens with zero attached hydrogens (tertiary/aromatic N) is 1. The van der Waals surface area contributed by atoms with Gasteiger partial charge in [0, 0.05) is 5.56 Å². The molecular weight excluding hydrogens is 190 g/mol. The van der Waals surface area contributed by atoms with Gasteiger partial charge < -0.3 is 9.84 Å². The van der Waals surface area contributed by atoms with Crippen LogP contribution in [0.25, 0.3) is 0 Å². The Morgan fingerprint density at radius 3 is 2.33 bits per heavy atom. The average molecular weight is 209 g/mol. The summed E-state index contributed by atoms with van der Waals surface area (Å²) in [6.07, 6.45) is -0.624. The van der Waals surface area contributed by atoms with Crippen LogP contribution in [0.15, 0.2) is 12.1 Å². The molecule has 1 N–H and O–H groups in total. The van der Waals surface area contributed by atoms with Crippen LogP contribution in [0.1, 0.15) is 22.9 Å². The molecule has 1 aromatic carbocycles. The summed E-state index contributed by atoms with van der Waals surface area (Å²) in [7, 11) is 5.30. The van der Waals surface area contributed by atoms with E-state index in [9.17, 15) is 5.11 Å². The molecule has 0 saturated carbocycles. The molecule has 84 valence electrons. The Balaban J connectivity index is 3.26. The van der Waals surface area contributed by atoms with Crippen LogP contribution in [-0.4, -0.2) is 31.2 Å². The summed E-state index contributed by atoms with van der Waals surface area (Å²) < 4.78 is 5.29. The second kappa shape index (κ2) is 4.64. The van der Waals surface area contributed by atoms with Crippen molar-refractivity contribution in [3.63, 3.8) is 0 Å². The Bertz CT molecular complexity index is 348. The second-order valence-electron chi connectivity index (χ2n) is 4.04. The zero-order valence-electron chi connectivity index (χ0n) is 10.0. The first-order valence-electron chi connectivity index (χ1n) is 4.97. The van der Waals surface area contributed by atoms with Gasteiger partial charge in [-0.15, -0.1) is 0 Å². The maximum Gasteiger partial charge on any atom is 0.136 e. The lowest BCUT2D eigenvalue weighted by Gasteiger charge is -2.23. The molecule has 0 amide bonds. The first-order valence-corrected chi connectivity index (χ1v) is 4.97. The van der Waals surface area contributed by atoms with Gasteiger partial charge >= 0.3 is 0 Å². The smallest absolute Gasteiger partial charge is 0.136 e. The minimum atomic E-state index is -0.624. The molecule has 0 aliphatic rings. The van der Waals surface area contributed by atoms with Gasteiger partial charge in [-0.25, -0.2) is 0 Å². The fourth-order valence-corrected chi connectivity index (χ4v) is 1.70. The molecule has 1 atom stereocenters. The number of hydrogen-bond donors (Lipinski definition) is 1. The Hall–Kier alpha value is -1.06. The van der Waals surface area contributed by atoms with Crippen molar-refractivity contribution in [2.24, 2.45) is 0 Å². The zero-order valence-corrected chi connectivity index (χ0v) is 10.0. The van der Waals surface area contributed by atoms with Crippen molar-refractivity contribution in [1.29, 1.82) is 0 Å². The Labute approximate surface area is 91.3 Å². The molecule has 0 spiro atoms. The minimum Gasteiger partial charge on any atom is -0.496 e. The number of rotatable bonds is 3. The number of ether oxygens (including phenoxy) is 1. The highest BCUT2D eigenvalue weighted by Gasteiger charge is 2.18. The summed E-state index contributed by atoms with van der Waals surface area (Å²) in [5.74, 6) is 0.744. The van der Waals surface area contributed by atoms with E-state index >= 15 is 0 Å². The normalized spacial score (nSPS) is 13.0. The molecule has 0 bridgehead atoms. The van der Waals surface area contributed by atoms with Crippen molar-refractivity contribution < 1.29 is 9.84 Å². The van der Waals surface area contributed by atoms with Gasteiger partial charge in [-0.2, -0.15) is 0 Å². The largest absolute Gasteiger partial charge is 0.496 e. The fourth-order valence-electron chi connectivity index (χ4n) is 1.70. The molecule has 0 aliphatic heterocycles. The van der Waals surface area contributed by atoms with Crippen molar-refractivity contribution in [3.8, 4) is 5.75 Å². The number of methoxy groups -OCH3 is 1. The van der Waals surface area contributed by atoms with Crippen molar-refractivity contribution in [1.82, 2.24) is 4.90 Å². The summed E-state index contributed by atoms with van der Waals surface area (Å²) in [5, 5.41) is 10.0. The Morgan fingerprint density at radius 1 is 1.27 bits per heavy atom. The lowest BCUT2D eigenvalue weighted by Crippen LogP contribution is -2.20. The SMILES string of the molecule is COc1cc(C)cc(C)c1C(O)N(C)C. The second-order valence-corrected chi connectivity index (χ2v) is 4.04. The van der Waals surface area contributed by atoms with Gasteiger partial charge in [0.25, 0.3) is 0 Å². The van der Waals surface area contributed by atoms with Crippen molar-refractivity contribution in [3.05, 3.63) is 28.8 Å². The highest BCUT2D eigenvalue weighted by atomic mass is 16.5. The van der Waals surface area contributed by atoms with Crippen LogP contribution in [-0.2, 0) is 0 Å². The first-order chi connectivity index (χ1) is 6.97. The topological polar surface area (TPSA) is 32.7 Å². The van der Waals surface area contributed by atoms with Gasteiger partial charge in [-0.3, -0.25) is 4.90 Å². The fraction of sp³-hybridized carbons (Fsp3) is 0.500. The molecule has 0 saturated heterocycles. The van der Waals surface area contributed by atoms with Gasteiger partial charge in [0.1, 0.15) is 12.0 Å². The molecule has 1 rings (SSSR count). The van der Waals surface area contributed by atoms with Crippen molar-refractivity contribution in [2.75, 3.05) is 21.2 Å². The molecule has 0 radical (unpaired) electrons. The molecule has 3 nitrogen and oxygen atoms in total. The summed E-state index contributed by atoms with van der Waals surface area (Å²) >= 11 is 0. The third kappa shape index (κ3) is 2.49. The molecule has 1 unspecified atom stereocenters.